The lowest BCUT2D eigenvalue weighted by Crippen LogP contribution is -2.50. The SMILES string of the molecule is C[C@H](CC(=N)C(=O)OC(C)(C)C)N1CCN(c2ccc([N+](=O)[O-])cc2F)CC1. The highest BCUT2D eigenvalue weighted by atomic mass is 19.1. The van der Waals surface area contributed by atoms with Crippen molar-refractivity contribution in [3.05, 3.63) is 34.1 Å². The van der Waals surface area contributed by atoms with Crippen molar-refractivity contribution in [1.82, 2.24) is 4.90 Å². The van der Waals surface area contributed by atoms with Crippen LogP contribution in [0.3, 0.4) is 0 Å². The van der Waals surface area contributed by atoms with E-state index in [4.69, 9.17) is 10.1 Å². The quantitative estimate of drug-likeness (QED) is 0.345. The first-order valence-corrected chi connectivity index (χ1v) is 9.21. The van der Waals surface area contributed by atoms with E-state index in [0.717, 1.165) is 6.07 Å². The summed E-state index contributed by atoms with van der Waals surface area (Å²) in [6.45, 7) is 9.62. The number of hydrogen-bond acceptors (Lipinski definition) is 7. The van der Waals surface area contributed by atoms with E-state index in [-0.39, 0.29) is 23.9 Å². The number of carbonyl (C=O) groups is 1. The number of hydrogen-bond donors (Lipinski definition) is 1. The molecule has 1 heterocycles. The number of nitro benzene ring substituents is 1. The first-order chi connectivity index (χ1) is 13.0. The van der Waals surface area contributed by atoms with Crippen LogP contribution in [0.4, 0.5) is 15.8 Å². The maximum atomic E-state index is 14.2. The number of ether oxygens (including phenoxy) is 1. The van der Waals surface area contributed by atoms with E-state index in [0.29, 0.717) is 31.9 Å². The van der Waals surface area contributed by atoms with Crippen LogP contribution in [0.25, 0.3) is 0 Å². The molecule has 0 amide bonds. The van der Waals surface area contributed by atoms with Crippen molar-refractivity contribution < 1.29 is 18.8 Å². The van der Waals surface area contributed by atoms with Gasteiger partial charge in [-0.05, 0) is 33.8 Å². The maximum Gasteiger partial charge on any atom is 0.352 e. The smallest absolute Gasteiger partial charge is 0.352 e. The minimum Gasteiger partial charge on any atom is -0.456 e. The van der Waals surface area contributed by atoms with Crippen LogP contribution in [0, 0.1) is 21.3 Å². The largest absolute Gasteiger partial charge is 0.456 e. The Morgan fingerprint density at radius 1 is 1.32 bits per heavy atom. The molecular formula is C19H27FN4O4. The van der Waals surface area contributed by atoms with Gasteiger partial charge in [-0.15, -0.1) is 0 Å². The summed E-state index contributed by atoms with van der Waals surface area (Å²) in [5.74, 6) is -1.21. The predicted molar refractivity (Wildman–Crippen MR) is 104 cm³/mol. The summed E-state index contributed by atoms with van der Waals surface area (Å²) < 4.78 is 19.4. The summed E-state index contributed by atoms with van der Waals surface area (Å²) in [7, 11) is 0. The molecule has 2 rings (SSSR count). The highest BCUT2D eigenvalue weighted by molar-refractivity contribution is 6.35. The van der Waals surface area contributed by atoms with E-state index in [1.165, 1.54) is 12.1 Å². The Balaban J connectivity index is 1.90. The molecular weight excluding hydrogens is 367 g/mol. The van der Waals surface area contributed by atoms with Crippen LogP contribution >= 0.6 is 0 Å². The van der Waals surface area contributed by atoms with Crippen molar-refractivity contribution in [3.8, 4) is 0 Å². The normalized spacial score (nSPS) is 16.5. The number of halogens is 1. The monoisotopic (exact) mass is 394 g/mol. The Morgan fingerprint density at radius 3 is 2.43 bits per heavy atom. The zero-order valence-electron chi connectivity index (χ0n) is 16.7. The van der Waals surface area contributed by atoms with E-state index in [9.17, 15) is 19.3 Å². The molecule has 8 nitrogen and oxygen atoms in total. The fourth-order valence-corrected chi connectivity index (χ4v) is 3.12. The highest BCUT2D eigenvalue weighted by Crippen LogP contribution is 2.25. The van der Waals surface area contributed by atoms with Gasteiger partial charge < -0.3 is 9.64 Å². The maximum absolute atomic E-state index is 14.2. The molecule has 9 heteroatoms. The van der Waals surface area contributed by atoms with Gasteiger partial charge in [0.2, 0.25) is 0 Å². The van der Waals surface area contributed by atoms with E-state index < -0.39 is 22.3 Å². The third kappa shape index (κ3) is 5.72. The van der Waals surface area contributed by atoms with Gasteiger partial charge in [0.25, 0.3) is 5.69 Å². The van der Waals surface area contributed by atoms with E-state index in [1.54, 1.807) is 20.8 Å². The molecule has 1 aromatic rings. The number of esters is 1. The Hall–Kier alpha value is -2.55. The molecule has 0 radical (unpaired) electrons. The molecule has 1 saturated heterocycles. The topological polar surface area (TPSA) is 99.8 Å². The Bertz CT molecular complexity index is 755. The van der Waals surface area contributed by atoms with E-state index in [2.05, 4.69) is 4.90 Å². The Morgan fingerprint density at radius 2 is 1.93 bits per heavy atom. The molecule has 0 aliphatic carbocycles. The fourth-order valence-electron chi connectivity index (χ4n) is 3.12. The predicted octanol–water partition coefficient (Wildman–Crippen LogP) is 3.00. The van der Waals surface area contributed by atoms with Gasteiger partial charge in [-0.1, -0.05) is 0 Å². The number of rotatable bonds is 6. The van der Waals surface area contributed by atoms with Crippen LogP contribution in [0.15, 0.2) is 18.2 Å². The fraction of sp³-hybridized carbons (Fsp3) is 0.579. The minimum absolute atomic E-state index is 0.0242. The molecule has 0 saturated carbocycles. The first-order valence-electron chi connectivity index (χ1n) is 9.21. The second-order valence-electron chi connectivity index (χ2n) is 7.95. The summed E-state index contributed by atoms with van der Waals surface area (Å²) in [6, 6.07) is 3.65. The lowest BCUT2D eigenvalue weighted by atomic mass is 10.1. The lowest BCUT2D eigenvalue weighted by molar-refractivity contribution is -0.385. The average Bonchev–Trinajstić information content (AvgIpc) is 2.60. The van der Waals surface area contributed by atoms with Crippen molar-refractivity contribution in [2.24, 2.45) is 0 Å². The highest BCUT2D eigenvalue weighted by Gasteiger charge is 2.27. The molecule has 1 atom stereocenters. The number of benzene rings is 1. The molecule has 0 unspecified atom stereocenters. The van der Waals surface area contributed by atoms with Crippen molar-refractivity contribution in [3.63, 3.8) is 0 Å². The van der Waals surface area contributed by atoms with E-state index in [1.807, 2.05) is 11.8 Å². The molecule has 1 aromatic carbocycles. The van der Waals surface area contributed by atoms with E-state index >= 15 is 0 Å². The molecule has 0 spiro atoms. The lowest BCUT2D eigenvalue weighted by Gasteiger charge is -2.39. The molecule has 28 heavy (non-hydrogen) atoms. The Labute approximate surface area is 163 Å². The van der Waals surface area contributed by atoms with Gasteiger partial charge in [0.05, 0.1) is 16.7 Å². The molecule has 1 aliphatic rings. The van der Waals surface area contributed by atoms with Gasteiger partial charge in [-0.3, -0.25) is 20.4 Å². The van der Waals surface area contributed by atoms with Crippen LogP contribution in [-0.4, -0.2) is 59.3 Å². The number of carbonyl (C=O) groups excluding carboxylic acids is 1. The summed E-state index contributed by atoms with van der Waals surface area (Å²) in [5, 5.41) is 18.7. The number of nitrogens with zero attached hydrogens (tertiary/aromatic N) is 3. The zero-order valence-corrected chi connectivity index (χ0v) is 16.7. The third-order valence-corrected chi connectivity index (χ3v) is 4.57. The molecule has 1 fully saturated rings. The zero-order chi connectivity index (χ0) is 21.1. The van der Waals surface area contributed by atoms with Crippen molar-refractivity contribution >= 4 is 23.1 Å². The minimum atomic E-state index is -0.632. The second-order valence-corrected chi connectivity index (χ2v) is 7.95. The van der Waals surface area contributed by atoms with Crippen LogP contribution < -0.4 is 4.90 Å². The Kier molecular flexibility index (Phi) is 6.71. The van der Waals surface area contributed by atoms with Gasteiger partial charge in [0.15, 0.2) is 5.82 Å². The summed E-state index contributed by atoms with van der Waals surface area (Å²) in [5.41, 5.74) is -0.618. The third-order valence-electron chi connectivity index (χ3n) is 4.57. The summed E-state index contributed by atoms with van der Waals surface area (Å²) in [6.07, 6.45) is 0.279. The van der Waals surface area contributed by atoms with Gasteiger partial charge in [0, 0.05) is 44.7 Å². The second kappa shape index (κ2) is 8.64. The van der Waals surface area contributed by atoms with Gasteiger partial charge in [-0.2, -0.15) is 0 Å². The van der Waals surface area contributed by atoms with Crippen LogP contribution in [0.5, 0.6) is 0 Å². The van der Waals surface area contributed by atoms with Crippen LogP contribution in [0.2, 0.25) is 0 Å². The molecule has 0 bridgehead atoms. The number of non-ortho nitro benzene ring substituents is 1. The van der Waals surface area contributed by atoms with Gasteiger partial charge in [0.1, 0.15) is 11.3 Å². The molecule has 154 valence electrons. The summed E-state index contributed by atoms with van der Waals surface area (Å²) in [4.78, 5) is 26.1. The van der Waals surface area contributed by atoms with Gasteiger partial charge in [-0.25, -0.2) is 9.18 Å². The van der Waals surface area contributed by atoms with Crippen molar-refractivity contribution in [2.75, 3.05) is 31.1 Å². The van der Waals surface area contributed by atoms with Crippen LogP contribution in [-0.2, 0) is 9.53 Å². The average molecular weight is 394 g/mol. The van der Waals surface area contributed by atoms with Gasteiger partial charge >= 0.3 is 5.97 Å². The molecule has 1 aliphatic heterocycles. The van der Waals surface area contributed by atoms with Crippen molar-refractivity contribution in [2.45, 2.75) is 45.8 Å². The first kappa shape index (κ1) is 21.7. The number of nitro groups is 1. The number of anilines is 1. The number of nitrogens with one attached hydrogen (secondary N) is 1. The van der Waals surface area contributed by atoms with Crippen LogP contribution in [0.1, 0.15) is 34.1 Å². The standard InChI is InChI=1S/C19H27FN4O4/c1-13(11-16(21)18(25)28-19(2,3)4)22-7-9-23(10-8-22)17-6-5-14(24(26)27)12-15(17)20/h5-6,12-13,21H,7-11H2,1-4H3/t13-/m1/s1. The van der Waals surface area contributed by atoms with Crippen molar-refractivity contribution in [1.29, 1.82) is 5.41 Å². The summed E-state index contributed by atoms with van der Waals surface area (Å²) >= 11 is 0. The number of piperazine rings is 1. The molecule has 0 aromatic heterocycles. The molecule has 1 N–H and O–H groups in total.